The molecule has 0 atom stereocenters. The van der Waals surface area contributed by atoms with Crippen LogP contribution in [0.15, 0.2) is 28.9 Å². The SMILES string of the molecule is CC(C)(C)OC(=O)NC1CCN(c2ccc(C(=O)NCCCN3CCCC3=O)cc2NC(=O)c2coc(C3CC3)n2)CC1. The Morgan fingerprint density at radius 3 is 2.51 bits per heavy atom. The molecule has 3 N–H and O–H groups in total. The van der Waals surface area contributed by atoms with Gasteiger partial charge in [0.05, 0.1) is 11.4 Å². The fourth-order valence-corrected chi connectivity index (χ4v) is 5.40. The third kappa shape index (κ3) is 8.26. The molecular weight excluding hydrogens is 552 g/mol. The summed E-state index contributed by atoms with van der Waals surface area (Å²) in [6.45, 7) is 8.61. The van der Waals surface area contributed by atoms with E-state index in [0.29, 0.717) is 69.0 Å². The number of carbonyl (C=O) groups excluding carboxylic acids is 4. The number of piperidine rings is 1. The molecular formula is C31H42N6O6. The number of benzene rings is 1. The molecule has 2 aliphatic heterocycles. The van der Waals surface area contributed by atoms with Crippen LogP contribution < -0.4 is 20.9 Å². The first-order chi connectivity index (χ1) is 20.6. The van der Waals surface area contributed by atoms with Gasteiger partial charge in [-0.05, 0) is 77.5 Å². The molecule has 12 heteroatoms. The molecule has 2 saturated heterocycles. The van der Waals surface area contributed by atoms with E-state index in [-0.39, 0.29) is 29.5 Å². The van der Waals surface area contributed by atoms with E-state index in [0.717, 1.165) is 31.5 Å². The van der Waals surface area contributed by atoms with Gasteiger partial charge in [-0.2, -0.15) is 0 Å². The van der Waals surface area contributed by atoms with Crippen LogP contribution in [0.4, 0.5) is 16.2 Å². The van der Waals surface area contributed by atoms with Crippen molar-refractivity contribution in [2.24, 2.45) is 0 Å². The Labute approximate surface area is 251 Å². The predicted octanol–water partition coefficient (Wildman–Crippen LogP) is 4.04. The Hall–Kier alpha value is -4.09. The predicted molar refractivity (Wildman–Crippen MR) is 160 cm³/mol. The monoisotopic (exact) mass is 594 g/mol. The Balaban J connectivity index is 1.24. The van der Waals surface area contributed by atoms with Gasteiger partial charge < -0.3 is 34.9 Å². The van der Waals surface area contributed by atoms with E-state index in [1.807, 2.05) is 31.7 Å². The molecule has 1 saturated carbocycles. The minimum atomic E-state index is -0.567. The number of anilines is 2. The minimum Gasteiger partial charge on any atom is -0.448 e. The maximum Gasteiger partial charge on any atom is 0.407 e. The van der Waals surface area contributed by atoms with E-state index < -0.39 is 17.6 Å². The smallest absolute Gasteiger partial charge is 0.407 e. The first-order valence-corrected chi connectivity index (χ1v) is 15.3. The van der Waals surface area contributed by atoms with E-state index in [1.165, 1.54) is 6.26 Å². The van der Waals surface area contributed by atoms with Crippen LogP contribution in [-0.4, -0.2) is 78.1 Å². The van der Waals surface area contributed by atoms with Crippen molar-refractivity contribution in [2.45, 2.75) is 83.3 Å². The number of carbonyl (C=O) groups is 4. The largest absolute Gasteiger partial charge is 0.448 e. The molecule has 5 rings (SSSR count). The molecule has 3 heterocycles. The Morgan fingerprint density at radius 1 is 1.07 bits per heavy atom. The van der Waals surface area contributed by atoms with Gasteiger partial charge in [-0.25, -0.2) is 9.78 Å². The topological polar surface area (TPSA) is 146 Å². The molecule has 1 aromatic carbocycles. The second kappa shape index (κ2) is 13.0. The molecule has 0 radical (unpaired) electrons. The van der Waals surface area contributed by atoms with Crippen molar-refractivity contribution in [3.63, 3.8) is 0 Å². The highest BCUT2D eigenvalue weighted by molar-refractivity contribution is 6.06. The van der Waals surface area contributed by atoms with Crippen LogP contribution in [0.2, 0.25) is 0 Å². The fraction of sp³-hybridized carbons (Fsp3) is 0.581. The van der Waals surface area contributed by atoms with Crippen LogP contribution in [-0.2, 0) is 9.53 Å². The number of ether oxygens (including phenoxy) is 1. The van der Waals surface area contributed by atoms with Crippen LogP contribution in [0, 0.1) is 0 Å². The highest BCUT2D eigenvalue weighted by Gasteiger charge is 2.30. The Bertz CT molecular complexity index is 1340. The summed E-state index contributed by atoms with van der Waals surface area (Å²) in [5.41, 5.74) is 1.31. The third-order valence-electron chi connectivity index (χ3n) is 7.81. The summed E-state index contributed by atoms with van der Waals surface area (Å²) in [7, 11) is 0. The van der Waals surface area contributed by atoms with Gasteiger partial charge in [-0.3, -0.25) is 14.4 Å². The second-order valence-corrected chi connectivity index (χ2v) is 12.5. The van der Waals surface area contributed by atoms with Crippen molar-refractivity contribution < 1.29 is 28.3 Å². The van der Waals surface area contributed by atoms with Gasteiger partial charge in [-0.1, -0.05) is 0 Å². The number of nitrogens with one attached hydrogen (secondary N) is 3. The lowest BCUT2D eigenvalue weighted by molar-refractivity contribution is -0.127. The number of alkyl carbamates (subject to hydrolysis) is 1. The standard InChI is InChI=1S/C31H42N6O6/c1-31(2,3)43-30(41)33-22-11-16-36(17-12-22)25-10-9-21(27(39)32-13-5-15-37-14-4-6-26(37)38)18-23(25)34-28(40)24-19-42-29(35-24)20-7-8-20/h9-10,18-20,22H,4-8,11-17H2,1-3H3,(H,32,39)(H,33,41)(H,34,40). The number of rotatable bonds is 10. The number of likely N-dealkylation sites (tertiary alicyclic amines) is 1. The molecule has 1 aromatic heterocycles. The third-order valence-corrected chi connectivity index (χ3v) is 7.81. The van der Waals surface area contributed by atoms with Crippen molar-refractivity contribution >= 4 is 35.2 Å². The van der Waals surface area contributed by atoms with Gasteiger partial charge in [0.25, 0.3) is 11.8 Å². The van der Waals surface area contributed by atoms with Gasteiger partial charge in [0.15, 0.2) is 11.6 Å². The molecule has 4 amide bonds. The number of nitrogens with zero attached hydrogens (tertiary/aromatic N) is 3. The quantitative estimate of drug-likeness (QED) is 0.350. The molecule has 0 spiro atoms. The number of hydrogen-bond donors (Lipinski definition) is 3. The lowest BCUT2D eigenvalue weighted by Crippen LogP contribution is -2.46. The Morgan fingerprint density at radius 2 is 1.84 bits per heavy atom. The summed E-state index contributed by atoms with van der Waals surface area (Å²) in [5.74, 6) is 0.360. The van der Waals surface area contributed by atoms with Gasteiger partial charge in [0.2, 0.25) is 5.91 Å². The molecule has 3 aliphatic rings. The summed E-state index contributed by atoms with van der Waals surface area (Å²) >= 11 is 0. The highest BCUT2D eigenvalue weighted by atomic mass is 16.6. The molecule has 3 fully saturated rings. The van der Waals surface area contributed by atoms with Crippen LogP contribution in [0.5, 0.6) is 0 Å². The van der Waals surface area contributed by atoms with E-state index >= 15 is 0 Å². The van der Waals surface area contributed by atoms with Gasteiger partial charge in [0.1, 0.15) is 11.9 Å². The van der Waals surface area contributed by atoms with Gasteiger partial charge in [-0.15, -0.1) is 0 Å². The molecule has 12 nitrogen and oxygen atoms in total. The van der Waals surface area contributed by atoms with E-state index in [4.69, 9.17) is 9.15 Å². The van der Waals surface area contributed by atoms with Crippen LogP contribution in [0.25, 0.3) is 0 Å². The summed E-state index contributed by atoms with van der Waals surface area (Å²) in [4.78, 5) is 58.6. The number of amides is 4. The van der Waals surface area contributed by atoms with Crippen LogP contribution >= 0.6 is 0 Å². The summed E-state index contributed by atoms with van der Waals surface area (Å²) in [6.07, 6.45) is 6.51. The lowest BCUT2D eigenvalue weighted by Gasteiger charge is -2.35. The van der Waals surface area contributed by atoms with Gasteiger partial charge in [0, 0.05) is 56.7 Å². The average Bonchev–Trinajstić information content (AvgIpc) is 3.54. The van der Waals surface area contributed by atoms with Gasteiger partial charge >= 0.3 is 6.09 Å². The van der Waals surface area contributed by atoms with E-state index in [9.17, 15) is 19.2 Å². The Kier molecular flexibility index (Phi) is 9.22. The number of hydrogen-bond acceptors (Lipinski definition) is 8. The maximum absolute atomic E-state index is 13.2. The van der Waals surface area contributed by atoms with E-state index in [2.05, 4.69) is 25.8 Å². The zero-order chi connectivity index (χ0) is 30.6. The first-order valence-electron chi connectivity index (χ1n) is 15.3. The summed E-state index contributed by atoms with van der Waals surface area (Å²) < 4.78 is 10.9. The summed E-state index contributed by atoms with van der Waals surface area (Å²) in [5, 5.41) is 8.83. The molecule has 0 bridgehead atoms. The molecule has 2 aromatic rings. The zero-order valence-electron chi connectivity index (χ0n) is 25.2. The lowest BCUT2D eigenvalue weighted by atomic mass is 10.0. The van der Waals surface area contributed by atoms with Crippen molar-refractivity contribution in [3.8, 4) is 0 Å². The molecule has 0 unspecified atom stereocenters. The number of aromatic nitrogens is 1. The second-order valence-electron chi connectivity index (χ2n) is 12.5. The van der Waals surface area contributed by atoms with Crippen molar-refractivity contribution in [1.82, 2.24) is 20.5 Å². The van der Waals surface area contributed by atoms with Crippen LogP contribution in [0.1, 0.15) is 98.4 Å². The molecule has 1 aliphatic carbocycles. The van der Waals surface area contributed by atoms with Crippen molar-refractivity contribution in [3.05, 3.63) is 41.6 Å². The fourth-order valence-electron chi connectivity index (χ4n) is 5.40. The minimum absolute atomic E-state index is 0.0268. The zero-order valence-corrected chi connectivity index (χ0v) is 25.2. The summed E-state index contributed by atoms with van der Waals surface area (Å²) in [6, 6.07) is 5.24. The van der Waals surface area contributed by atoms with Crippen LogP contribution in [0.3, 0.4) is 0 Å². The maximum atomic E-state index is 13.2. The average molecular weight is 595 g/mol. The van der Waals surface area contributed by atoms with Crippen molar-refractivity contribution in [1.29, 1.82) is 0 Å². The molecule has 232 valence electrons. The highest BCUT2D eigenvalue weighted by Crippen LogP contribution is 2.39. The number of oxazole rings is 1. The first kappa shape index (κ1) is 30.4. The van der Waals surface area contributed by atoms with Crippen molar-refractivity contribution in [2.75, 3.05) is 42.9 Å². The normalized spacial score (nSPS) is 17.6. The molecule has 43 heavy (non-hydrogen) atoms. The van der Waals surface area contributed by atoms with E-state index in [1.54, 1.807) is 12.1 Å².